The van der Waals surface area contributed by atoms with E-state index in [9.17, 15) is 4.79 Å². The van der Waals surface area contributed by atoms with E-state index < -0.39 is 0 Å². The molecule has 140 valence electrons. The Morgan fingerprint density at radius 2 is 2.08 bits per heavy atom. The van der Waals surface area contributed by atoms with E-state index in [4.69, 9.17) is 9.47 Å². The zero-order valence-corrected chi connectivity index (χ0v) is 16.4. The minimum atomic E-state index is -0.203. The number of nitrogens with zero attached hydrogens (tertiary/aromatic N) is 1. The molecule has 2 aromatic rings. The summed E-state index contributed by atoms with van der Waals surface area (Å²) in [5, 5.41) is 5.70. The maximum atomic E-state index is 11.9. The molecular formula is C19H24BrN3O3. The minimum Gasteiger partial charge on any atom is -0.475 e. The van der Waals surface area contributed by atoms with Gasteiger partial charge in [-0.05, 0) is 36.6 Å². The van der Waals surface area contributed by atoms with Crippen LogP contribution in [-0.4, -0.2) is 37.9 Å². The summed E-state index contributed by atoms with van der Waals surface area (Å²) in [6, 6.07) is 11.7. The van der Waals surface area contributed by atoms with E-state index in [1.807, 2.05) is 24.3 Å². The van der Waals surface area contributed by atoms with Crippen LogP contribution in [0.3, 0.4) is 0 Å². The van der Waals surface area contributed by atoms with Crippen molar-refractivity contribution in [3.63, 3.8) is 0 Å². The number of rotatable bonds is 10. The average Bonchev–Trinajstić information content (AvgIpc) is 2.65. The first-order valence-electron chi connectivity index (χ1n) is 8.51. The first-order chi connectivity index (χ1) is 12.7. The lowest BCUT2D eigenvalue weighted by molar-refractivity contribution is 0.143. The van der Waals surface area contributed by atoms with Gasteiger partial charge in [-0.1, -0.05) is 34.1 Å². The van der Waals surface area contributed by atoms with Crippen molar-refractivity contribution >= 4 is 22.0 Å². The van der Waals surface area contributed by atoms with Crippen LogP contribution in [0.4, 0.5) is 4.79 Å². The zero-order valence-electron chi connectivity index (χ0n) is 14.8. The van der Waals surface area contributed by atoms with Crippen molar-refractivity contribution in [3.8, 4) is 5.88 Å². The number of carbonyl (C=O) groups is 1. The number of nitrogens with one attached hydrogen (secondary N) is 2. The summed E-state index contributed by atoms with van der Waals surface area (Å²) in [5.41, 5.74) is 2.07. The molecule has 7 heteroatoms. The molecule has 0 saturated heterocycles. The maximum Gasteiger partial charge on any atom is 0.315 e. The van der Waals surface area contributed by atoms with Crippen LogP contribution in [0.2, 0.25) is 0 Å². The molecule has 2 N–H and O–H groups in total. The minimum absolute atomic E-state index is 0.203. The molecule has 0 bridgehead atoms. The fraction of sp³-hybridized carbons (Fsp3) is 0.368. The average molecular weight is 422 g/mol. The molecule has 1 aromatic carbocycles. The Hall–Kier alpha value is -2.12. The quantitative estimate of drug-likeness (QED) is 0.577. The Morgan fingerprint density at radius 3 is 2.88 bits per heavy atom. The van der Waals surface area contributed by atoms with Crippen molar-refractivity contribution in [2.75, 3.05) is 26.9 Å². The SMILES string of the molecule is COCCOc1ncccc1CNC(=O)NCCCc1cccc(Br)c1. The first kappa shape index (κ1) is 20.2. The second-order valence-corrected chi connectivity index (χ2v) is 6.57. The van der Waals surface area contributed by atoms with Crippen LogP contribution < -0.4 is 15.4 Å². The van der Waals surface area contributed by atoms with Crippen molar-refractivity contribution in [3.05, 3.63) is 58.2 Å². The van der Waals surface area contributed by atoms with Crippen LogP contribution in [0.1, 0.15) is 17.5 Å². The van der Waals surface area contributed by atoms with Crippen LogP contribution in [0.15, 0.2) is 47.1 Å². The molecule has 1 aromatic heterocycles. The molecule has 0 radical (unpaired) electrons. The molecule has 1 heterocycles. The third-order valence-electron chi connectivity index (χ3n) is 3.63. The fourth-order valence-electron chi connectivity index (χ4n) is 2.34. The standard InChI is InChI=1S/C19H24BrN3O3/c1-25-11-12-26-18-16(7-4-9-21-18)14-23-19(24)22-10-3-6-15-5-2-8-17(20)13-15/h2,4-5,7-9,13H,3,6,10-12,14H2,1H3,(H2,22,23,24). The number of benzene rings is 1. The van der Waals surface area contributed by atoms with E-state index in [1.54, 1.807) is 13.3 Å². The third-order valence-corrected chi connectivity index (χ3v) is 4.13. The summed E-state index contributed by atoms with van der Waals surface area (Å²) in [6.07, 6.45) is 3.45. The molecule has 0 fully saturated rings. The summed E-state index contributed by atoms with van der Waals surface area (Å²) in [6.45, 7) is 1.88. The fourth-order valence-corrected chi connectivity index (χ4v) is 2.78. The number of aryl methyl sites for hydroxylation is 1. The van der Waals surface area contributed by atoms with Crippen molar-refractivity contribution in [2.24, 2.45) is 0 Å². The summed E-state index contributed by atoms with van der Waals surface area (Å²) in [7, 11) is 1.62. The molecule has 0 atom stereocenters. The Labute approximate surface area is 162 Å². The number of pyridine rings is 1. The molecule has 0 aliphatic heterocycles. The van der Waals surface area contributed by atoms with Crippen LogP contribution in [0.5, 0.6) is 5.88 Å². The predicted molar refractivity (Wildman–Crippen MR) is 104 cm³/mol. The molecular weight excluding hydrogens is 398 g/mol. The molecule has 0 saturated carbocycles. The normalized spacial score (nSPS) is 10.4. The highest BCUT2D eigenvalue weighted by atomic mass is 79.9. The summed E-state index contributed by atoms with van der Waals surface area (Å²) >= 11 is 3.46. The van der Waals surface area contributed by atoms with Gasteiger partial charge in [-0.2, -0.15) is 0 Å². The third kappa shape index (κ3) is 7.41. The highest BCUT2D eigenvalue weighted by Crippen LogP contribution is 2.14. The van der Waals surface area contributed by atoms with Crippen molar-refractivity contribution in [2.45, 2.75) is 19.4 Å². The van der Waals surface area contributed by atoms with Gasteiger partial charge in [0.05, 0.1) is 6.61 Å². The van der Waals surface area contributed by atoms with E-state index in [1.165, 1.54) is 5.56 Å². The van der Waals surface area contributed by atoms with Crippen LogP contribution in [-0.2, 0) is 17.7 Å². The Morgan fingerprint density at radius 1 is 1.19 bits per heavy atom. The van der Waals surface area contributed by atoms with Crippen molar-refractivity contribution in [1.29, 1.82) is 0 Å². The van der Waals surface area contributed by atoms with Gasteiger partial charge in [0.25, 0.3) is 0 Å². The molecule has 6 nitrogen and oxygen atoms in total. The smallest absolute Gasteiger partial charge is 0.315 e. The van der Waals surface area contributed by atoms with Crippen LogP contribution >= 0.6 is 15.9 Å². The van der Waals surface area contributed by atoms with Gasteiger partial charge in [-0.25, -0.2) is 9.78 Å². The Bertz CT molecular complexity index is 697. The van der Waals surface area contributed by atoms with Gasteiger partial charge in [0.1, 0.15) is 6.61 Å². The van der Waals surface area contributed by atoms with Crippen LogP contribution in [0.25, 0.3) is 0 Å². The lowest BCUT2D eigenvalue weighted by Crippen LogP contribution is -2.35. The molecule has 26 heavy (non-hydrogen) atoms. The summed E-state index contributed by atoms with van der Waals surface area (Å²) in [5.74, 6) is 0.513. The zero-order chi connectivity index (χ0) is 18.6. The number of aromatic nitrogens is 1. The second kappa shape index (κ2) is 11.5. The number of carbonyl (C=O) groups excluding carboxylic acids is 1. The topological polar surface area (TPSA) is 72.5 Å². The van der Waals surface area contributed by atoms with Gasteiger partial charge in [-0.3, -0.25) is 0 Å². The van der Waals surface area contributed by atoms with E-state index in [0.29, 0.717) is 32.2 Å². The van der Waals surface area contributed by atoms with Gasteiger partial charge >= 0.3 is 6.03 Å². The van der Waals surface area contributed by atoms with Gasteiger partial charge in [-0.15, -0.1) is 0 Å². The largest absolute Gasteiger partial charge is 0.475 e. The number of urea groups is 1. The van der Waals surface area contributed by atoms with Gasteiger partial charge in [0, 0.05) is 36.4 Å². The summed E-state index contributed by atoms with van der Waals surface area (Å²) in [4.78, 5) is 16.1. The van der Waals surface area contributed by atoms with Crippen molar-refractivity contribution < 1.29 is 14.3 Å². The van der Waals surface area contributed by atoms with E-state index >= 15 is 0 Å². The molecule has 0 aliphatic rings. The number of amides is 2. The summed E-state index contributed by atoms with van der Waals surface area (Å²) < 4.78 is 11.6. The predicted octanol–water partition coefficient (Wildman–Crippen LogP) is 3.30. The first-order valence-corrected chi connectivity index (χ1v) is 9.30. The Kier molecular flexibility index (Phi) is 8.92. The molecule has 0 unspecified atom stereocenters. The molecule has 2 amide bonds. The monoisotopic (exact) mass is 421 g/mol. The molecule has 2 rings (SSSR count). The van der Waals surface area contributed by atoms with E-state index in [-0.39, 0.29) is 6.03 Å². The van der Waals surface area contributed by atoms with E-state index in [0.717, 1.165) is 22.9 Å². The second-order valence-electron chi connectivity index (χ2n) is 5.65. The van der Waals surface area contributed by atoms with Crippen molar-refractivity contribution in [1.82, 2.24) is 15.6 Å². The number of hydrogen-bond acceptors (Lipinski definition) is 4. The Balaban J connectivity index is 1.68. The number of methoxy groups -OCH3 is 1. The highest BCUT2D eigenvalue weighted by molar-refractivity contribution is 9.10. The van der Waals surface area contributed by atoms with E-state index in [2.05, 4.69) is 43.7 Å². The number of ether oxygens (including phenoxy) is 2. The van der Waals surface area contributed by atoms with Gasteiger partial charge < -0.3 is 20.1 Å². The van der Waals surface area contributed by atoms with Gasteiger partial charge in [0.2, 0.25) is 5.88 Å². The lowest BCUT2D eigenvalue weighted by Gasteiger charge is -2.11. The lowest BCUT2D eigenvalue weighted by atomic mass is 10.1. The number of halogens is 1. The number of hydrogen-bond donors (Lipinski definition) is 2. The maximum absolute atomic E-state index is 11.9. The van der Waals surface area contributed by atoms with Crippen LogP contribution in [0, 0.1) is 0 Å². The molecule has 0 spiro atoms. The van der Waals surface area contributed by atoms with Gasteiger partial charge in [0.15, 0.2) is 0 Å². The molecule has 0 aliphatic carbocycles. The highest BCUT2D eigenvalue weighted by Gasteiger charge is 2.07.